The van der Waals surface area contributed by atoms with Gasteiger partial charge in [0.05, 0.1) is 5.56 Å². The largest absolute Gasteiger partial charge is 0.485 e. The summed E-state index contributed by atoms with van der Waals surface area (Å²) in [4.78, 5) is 15.3. The van der Waals surface area contributed by atoms with Gasteiger partial charge in [-0.2, -0.15) is 5.10 Å². The second-order valence-electron chi connectivity index (χ2n) is 5.27. The van der Waals surface area contributed by atoms with Crippen LogP contribution in [0.1, 0.15) is 35.6 Å². The van der Waals surface area contributed by atoms with Crippen LogP contribution in [0.5, 0.6) is 5.75 Å². The summed E-state index contributed by atoms with van der Waals surface area (Å²) in [5.41, 5.74) is 0.857. The molecule has 0 aliphatic heterocycles. The molecule has 2 rings (SSSR count). The van der Waals surface area contributed by atoms with Crippen molar-refractivity contribution in [2.75, 3.05) is 0 Å². The first-order valence-electron chi connectivity index (χ1n) is 6.81. The molecule has 1 N–H and O–H groups in total. The maximum atomic E-state index is 11.1. The van der Waals surface area contributed by atoms with Crippen LogP contribution in [0.25, 0.3) is 0 Å². The van der Waals surface area contributed by atoms with Crippen LogP contribution in [0.15, 0.2) is 24.5 Å². The molecule has 0 bridgehead atoms. The number of carbonyl (C=O) groups is 1. The maximum Gasteiger partial charge on any atom is 0.336 e. The lowest BCUT2D eigenvalue weighted by atomic mass is 10.1. The molecule has 0 saturated carbocycles. The van der Waals surface area contributed by atoms with Crippen molar-refractivity contribution in [2.45, 2.75) is 33.9 Å². The van der Waals surface area contributed by atoms with Crippen molar-refractivity contribution in [3.63, 3.8) is 0 Å². The topological polar surface area (TPSA) is 77.2 Å². The third-order valence-corrected chi connectivity index (χ3v) is 3.11. The van der Waals surface area contributed by atoms with E-state index >= 15 is 0 Å². The number of nitrogens with zero attached hydrogens (tertiary/aromatic N) is 3. The van der Waals surface area contributed by atoms with Gasteiger partial charge in [0, 0.05) is 12.1 Å². The van der Waals surface area contributed by atoms with E-state index in [0.29, 0.717) is 17.2 Å². The second-order valence-corrected chi connectivity index (χ2v) is 5.27. The zero-order valence-corrected chi connectivity index (χ0v) is 12.4. The van der Waals surface area contributed by atoms with Gasteiger partial charge in [-0.1, -0.05) is 19.9 Å². The van der Waals surface area contributed by atoms with Gasteiger partial charge in [0.25, 0.3) is 0 Å². The average Bonchev–Trinajstić information content (AvgIpc) is 2.83. The van der Waals surface area contributed by atoms with Crippen molar-refractivity contribution in [1.82, 2.24) is 14.8 Å². The maximum absolute atomic E-state index is 11.1. The van der Waals surface area contributed by atoms with E-state index in [1.54, 1.807) is 29.8 Å². The van der Waals surface area contributed by atoms with E-state index in [9.17, 15) is 4.79 Å². The van der Waals surface area contributed by atoms with Crippen LogP contribution < -0.4 is 4.74 Å². The summed E-state index contributed by atoms with van der Waals surface area (Å²) in [7, 11) is 0. The van der Waals surface area contributed by atoms with E-state index in [0.717, 1.165) is 12.4 Å². The van der Waals surface area contributed by atoms with Gasteiger partial charge in [-0.3, -0.25) is 0 Å². The quantitative estimate of drug-likeness (QED) is 0.884. The predicted molar refractivity (Wildman–Crippen MR) is 77.3 cm³/mol. The zero-order valence-electron chi connectivity index (χ0n) is 12.4. The van der Waals surface area contributed by atoms with Crippen molar-refractivity contribution < 1.29 is 14.6 Å². The van der Waals surface area contributed by atoms with Crippen LogP contribution in [-0.2, 0) is 13.2 Å². The van der Waals surface area contributed by atoms with Gasteiger partial charge in [-0.15, -0.1) is 0 Å². The molecule has 0 radical (unpaired) electrons. The molecule has 0 amide bonds. The Morgan fingerprint density at radius 3 is 2.86 bits per heavy atom. The molecule has 0 atom stereocenters. The van der Waals surface area contributed by atoms with Gasteiger partial charge in [0.15, 0.2) is 5.82 Å². The first-order chi connectivity index (χ1) is 9.99. The molecule has 0 aliphatic carbocycles. The summed E-state index contributed by atoms with van der Waals surface area (Å²) >= 11 is 0. The third kappa shape index (κ3) is 3.59. The van der Waals surface area contributed by atoms with E-state index in [1.807, 2.05) is 0 Å². The molecule has 1 aromatic heterocycles. The number of hydrogen-bond acceptors (Lipinski definition) is 4. The monoisotopic (exact) mass is 289 g/mol. The number of aromatic nitrogens is 3. The van der Waals surface area contributed by atoms with Crippen LogP contribution >= 0.6 is 0 Å². The molecule has 0 spiro atoms. The third-order valence-electron chi connectivity index (χ3n) is 3.11. The normalized spacial score (nSPS) is 10.9. The van der Waals surface area contributed by atoms with Gasteiger partial charge >= 0.3 is 5.97 Å². The highest BCUT2D eigenvalue weighted by Crippen LogP contribution is 2.22. The summed E-state index contributed by atoms with van der Waals surface area (Å²) in [5.74, 6) is 0.779. The summed E-state index contributed by atoms with van der Waals surface area (Å²) in [6.45, 7) is 6.97. The van der Waals surface area contributed by atoms with E-state index in [2.05, 4.69) is 23.9 Å². The smallest absolute Gasteiger partial charge is 0.336 e. The standard InChI is InChI=1S/C15H19N3O3/c1-10(2)7-18-14(16-9-17-18)8-21-13-6-4-5-12(11(13)3)15(19)20/h4-6,9-10H,7-8H2,1-3H3,(H,19,20). The minimum Gasteiger partial charge on any atom is -0.485 e. The minimum atomic E-state index is -0.957. The highest BCUT2D eigenvalue weighted by Gasteiger charge is 2.12. The fraction of sp³-hybridized carbons (Fsp3) is 0.400. The Labute approximate surface area is 123 Å². The van der Waals surface area contributed by atoms with Gasteiger partial charge in [-0.25, -0.2) is 14.5 Å². The van der Waals surface area contributed by atoms with Crippen LogP contribution in [0.2, 0.25) is 0 Å². The Balaban J connectivity index is 2.12. The Morgan fingerprint density at radius 1 is 1.43 bits per heavy atom. The molecule has 21 heavy (non-hydrogen) atoms. The number of carboxylic acids is 1. The molecule has 112 valence electrons. The Bertz CT molecular complexity index is 635. The fourth-order valence-electron chi connectivity index (χ4n) is 2.04. The Hall–Kier alpha value is -2.37. The summed E-state index contributed by atoms with van der Waals surface area (Å²) in [6.07, 6.45) is 1.50. The number of aromatic carboxylic acids is 1. The van der Waals surface area contributed by atoms with Gasteiger partial charge in [0.1, 0.15) is 18.7 Å². The lowest BCUT2D eigenvalue weighted by molar-refractivity contribution is 0.0695. The number of hydrogen-bond donors (Lipinski definition) is 1. The van der Waals surface area contributed by atoms with E-state index in [-0.39, 0.29) is 12.2 Å². The Kier molecular flexibility index (Phi) is 4.57. The lowest BCUT2D eigenvalue weighted by Gasteiger charge is -2.12. The molecular weight excluding hydrogens is 270 g/mol. The van der Waals surface area contributed by atoms with Crippen molar-refractivity contribution >= 4 is 5.97 Å². The van der Waals surface area contributed by atoms with E-state index in [4.69, 9.17) is 9.84 Å². The van der Waals surface area contributed by atoms with Crippen molar-refractivity contribution in [2.24, 2.45) is 5.92 Å². The number of rotatable bonds is 6. The second kappa shape index (κ2) is 6.39. The van der Waals surface area contributed by atoms with Crippen molar-refractivity contribution in [3.8, 4) is 5.75 Å². The highest BCUT2D eigenvalue weighted by atomic mass is 16.5. The lowest BCUT2D eigenvalue weighted by Crippen LogP contribution is -2.12. The van der Waals surface area contributed by atoms with Gasteiger partial charge in [-0.05, 0) is 25.0 Å². The first kappa shape index (κ1) is 15.0. The molecule has 6 nitrogen and oxygen atoms in total. The molecule has 6 heteroatoms. The molecular formula is C15H19N3O3. The molecule has 2 aromatic rings. The van der Waals surface area contributed by atoms with Gasteiger partial charge < -0.3 is 9.84 Å². The fourth-order valence-corrected chi connectivity index (χ4v) is 2.04. The van der Waals surface area contributed by atoms with Gasteiger partial charge in [0.2, 0.25) is 0 Å². The number of ether oxygens (including phenoxy) is 1. The van der Waals surface area contributed by atoms with Crippen molar-refractivity contribution in [3.05, 3.63) is 41.5 Å². The molecule has 0 saturated heterocycles. The minimum absolute atomic E-state index is 0.246. The zero-order chi connectivity index (χ0) is 15.4. The van der Waals surface area contributed by atoms with E-state index < -0.39 is 5.97 Å². The average molecular weight is 289 g/mol. The van der Waals surface area contributed by atoms with Crippen LogP contribution in [-0.4, -0.2) is 25.8 Å². The van der Waals surface area contributed by atoms with Crippen LogP contribution in [0.3, 0.4) is 0 Å². The predicted octanol–water partition coefficient (Wildman–Crippen LogP) is 2.52. The molecule has 0 aliphatic rings. The molecule has 0 fully saturated rings. The first-order valence-corrected chi connectivity index (χ1v) is 6.81. The molecule has 1 aromatic carbocycles. The Morgan fingerprint density at radius 2 is 2.19 bits per heavy atom. The summed E-state index contributed by atoms with van der Waals surface area (Å²) < 4.78 is 7.51. The van der Waals surface area contributed by atoms with E-state index in [1.165, 1.54) is 6.33 Å². The molecule has 1 heterocycles. The van der Waals surface area contributed by atoms with Crippen LogP contribution in [0, 0.1) is 12.8 Å². The number of carboxylic acid groups (broad SMARTS) is 1. The van der Waals surface area contributed by atoms with Crippen molar-refractivity contribution in [1.29, 1.82) is 0 Å². The summed E-state index contributed by atoms with van der Waals surface area (Å²) in [6, 6.07) is 4.99. The number of benzene rings is 1. The highest BCUT2D eigenvalue weighted by molar-refractivity contribution is 5.90. The molecule has 0 unspecified atom stereocenters. The summed E-state index contributed by atoms with van der Waals surface area (Å²) in [5, 5.41) is 13.3. The van der Waals surface area contributed by atoms with Crippen LogP contribution in [0.4, 0.5) is 0 Å². The SMILES string of the molecule is Cc1c(OCc2ncnn2CC(C)C)cccc1C(=O)O.